The van der Waals surface area contributed by atoms with Crippen LogP contribution in [0.2, 0.25) is 0 Å². The topological polar surface area (TPSA) is 27.7 Å². The van der Waals surface area contributed by atoms with Gasteiger partial charge in [-0.25, -0.2) is 13.2 Å². The van der Waals surface area contributed by atoms with Crippen molar-refractivity contribution in [3.63, 3.8) is 0 Å². The molecule has 0 spiro atoms. The van der Waals surface area contributed by atoms with Crippen LogP contribution in [0.4, 0.5) is 13.2 Å². The van der Waals surface area contributed by atoms with E-state index in [4.69, 9.17) is 14.2 Å². The third-order valence-corrected chi connectivity index (χ3v) is 6.49. The largest absolute Gasteiger partial charge is 0.497 e. The zero-order chi connectivity index (χ0) is 24.1. The van der Waals surface area contributed by atoms with Crippen LogP contribution >= 0.6 is 0 Å². The highest BCUT2D eigenvalue weighted by atomic mass is 19.2. The van der Waals surface area contributed by atoms with E-state index in [2.05, 4.69) is 0 Å². The summed E-state index contributed by atoms with van der Waals surface area (Å²) < 4.78 is 60.0. The summed E-state index contributed by atoms with van der Waals surface area (Å²) in [5.41, 5.74) is 1.28. The van der Waals surface area contributed by atoms with Crippen LogP contribution in [0.15, 0.2) is 54.6 Å². The van der Waals surface area contributed by atoms with Crippen molar-refractivity contribution < 1.29 is 27.4 Å². The molecule has 34 heavy (non-hydrogen) atoms. The van der Waals surface area contributed by atoms with Gasteiger partial charge in [-0.2, -0.15) is 0 Å². The van der Waals surface area contributed by atoms with Crippen LogP contribution in [0.1, 0.15) is 44.1 Å². The molecule has 1 fully saturated rings. The van der Waals surface area contributed by atoms with Gasteiger partial charge in [-0.3, -0.25) is 0 Å². The number of halogens is 3. The summed E-state index contributed by atoms with van der Waals surface area (Å²) in [7, 11) is 1.56. The normalized spacial score (nSPS) is 17.9. The molecule has 0 aromatic heterocycles. The smallest absolute Gasteiger partial charge is 0.168 e. The third kappa shape index (κ3) is 5.32. The Bertz CT molecular complexity index is 1110. The Hall–Kier alpha value is -3.15. The minimum Gasteiger partial charge on any atom is -0.497 e. The zero-order valence-corrected chi connectivity index (χ0v) is 19.5. The summed E-state index contributed by atoms with van der Waals surface area (Å²) in [5, 5.41) is 0. The number of ether oxygens (including phenoxy) is 3. The Kier molecular flexibility index (Phi) is 7.66. The first-order chi connectivity index (χ1) is 16.5. The van der Waals surface area contributed by atoms with E-state index in [9.17, 15) is 13.2 Å². The standard InChI is InChI=1S/C28H29F3O3/c1-3-33-26-15-12-22(16-25(26)29)34-17-18-4-6-19(7-5-18)23-13-14-24(28(31)27(23)30)20-8-10-21(32-2)11-9-20/h8-16,18-19H,3-7,17H2,1-2H3. The van der Waals surface area contributed by atoms with E-state index in [0.29, 0.717) is 35.8 Å². The highest BCUT2D eigenvalue weighted by Gasteiger charge is 2.27. The van der Waals surface area contributed by atoms with E-state index in [0.717, 1.165) is 25.7 Å². The lowest BCUT2D eigenvalue weighted by molar-refractivity contribution is 0.198. The van der Waals surface area contributed by atoms with Gasteiger partial charge in [0.1, 0.15) is 11.5 Å². The second-order valence-corrected chi connectivity index (χ2v) is 8.61. The van der Waals surface area contributed by atoms with Crippen LogP contribution in [0.5, 0.6) is 17.2 Å². The molecule has 0 N–H and O–H groups in total. The quantitative estimate of drug-likeness (QED) is 0.341. The number of benzene rings is 3. The molecule has 1 saturated carbocycles. The Morgan fingerprint density at radius 3 is 2.15 bits per heavy atom. The predicted octanol–water partition coefficient (Wildman–Crippen LogP) is 7.53. The van der Waals surface area contributed by atoms with Crippen LogP contribution in [-0.2, 0) is 0 Å². The molecule has 180 valence electrons. The predicted molar refractivity (Wildman–Crippen MR) is 126 cm³/mol. The highest BCUT2D eigenvalue weighted by Crippen LogP contribution is 2.39. The van der Waals surface area contributed by atoms with Crippen molar-refractivity contribution in [1.82, 2.24) is 0 Å². The highest BCUT2D eigenvalue weighted by molar-refractivity contribution is 5.65. The van der Waals surface area contributed by atoms with E-state index in [1.807, 2.05) is 0 Å². The minimum absolute atomic E-state index is 0.0291. The van der Waals surface area contributed by atoms with Crippen LogP contribution in [-0.4, -0.2) is 20.3 Å². The van der Waals surface area contributed by atoms with Crippen LogP contribution in [0.3, 0.4) is 0 Å². The first-order valence-corrected chi connectivity index (χ1v) is 11.7. The fourth-order valence-electron chi connectivity index (χ4n) is 4.57. The zero-order valence-electron chi connectivity index (χ0n) is 19.5. The van der Waals surface area contributed by atoms with E-state index in [-0.39, 0.29) is 23.1 Å². The summed E-state index contributed by atoms with van der Waals surface area (Å²) in [5.74, 6) is -0.430. The number of hydrogen-bond donors (Lipinski definition) is 0. The van der Waals surface area contributed by atoms with Crippen molar-refractivity contribution in [2.45, 2.75) is 38.5 Å². The van der Waals surface area contributed by atoms with Gasteiger partial charge in [-0.05, 0) is 79.8 Å². The molecule has 1 aliphatic carbocycles. The first-order valence-electron chi connectivity index (χ1n) is 11.7. The molecule has 0 heterocycles. The SMILES string of the molecule is CCOc1ccc(OCC2CCC(c3ccc(-c4ccc(OC)cc4)c(F)c3F)CC2)cc1F. The van der Waals surface area contributed by atoms with Gasteiger partial charge in [0.2, 0.25) is 0 Å². The van der Waals surface area contributed by atoms with Gasteiger partial charge in [0, 0.05) is 11.6 Å². The molecule has 0 radical (unpaired) electrons. The summed E-state index contributed by atoms with van der Waals surface area (Å²) in [6.07, 6.45) is 3.19. The first kappa shape index (κ1) is 24.0. The summed E-state index contributed by atoms with van der Waals surface area (Å²) in [4.78, 5) is 0. The summed E-state index contributed by atoms with van der Waals surface area (Å²) in [6, 6.07) is 14.9. The van der Waals surface area contributed by atoms with Crippen LogP contribution < -0.4 is 14.2 Å². The third-order valence-electron chi connectivity index (χ3n) is 6.49. The van der Waals surface area contributed by atoms with Crippen molar-refractivity contribution in [3.05, 3.63) is 77.6 Å². The molecule has 4 rings (SSSR count). The monoisotopic (exact) mass is 470 g/mol. The lowest BCUT2D eigenvalue weighted by Gasteiger charge is -2.29. The maximum absolute atomic E-state index is 15.0. The van der Waals surface area contributed by atoms with Gasteiger partial charge in [-0.1, -0.05) is 24.3 Å². The van der Waals surface area contributed by atoms with E-state index in [1.54, 1.807) is 62.6 Å². The molecule has 0 atom stereocenters. The van der Waals surface area contributed by atoms with E-state index in [1.165, 1.54) is 6.07 Å². The van der Waals surface area contributed by atoms with Crippen molar-refractivity contribution in [2.75, 3.05) is 20.3 Å². The van der Waals surface area contributed by atoms with Crippen molar-refractivity contribution in [2.24, 2.45) is 5.92 Å². The fraction of sp³-hybridized carbons (Fsp3) is 0.357. The molecule has 0 saturated heterocycles. The second kappa shape index (κ2) is 10.9. The average molecular weight is 471 g/mol. The van der Waals surface area contributed by atoms with Gasteiger partial charge in [0.15, 0.2) is 23.2 Å². The van der Waals surface area contributed by atoms with Crippen LogP contribution in [0.25, 0.3) is 11.1 Å². The number of rotatable bonds is 8. The van der Waals surface area contributed by atoms with Crippen molar-refractivity contribution >= 4 is 0 Å². The van der Waals surface area contributed by atoms with Gasteiger partial charge in [0.05, 0.1) is 20.3 Å². The molecule has 0 bridgehead atoms. The Morgan fingerprint density at radius 2 is 1.50 bits per heavy atom. The molecule has 0 aliphatic heterocycles. The fourth-order valence-corrected chi connectivity index (χ4v) is 4.57. The van der Waals surface area contributed by atoms with Crippen molar-refractivity contribution in [3.8, 4) is 28.4 Å². The molecule has 3 nitrogen and oxygen atoms in total. The van der Waals surface area contributed by atoms with Gasteiger partial charge in [0.25, 0.3) is 0 Å². The molecule has 1 aliphatic rings. The minimum atomic E-state index is -0.814. The molecule has 0 amide bonds. The molecule has 0 unspecified atom stereocenters. The average Bonchev–Trinajstić information content (AvgIpc) is 2.86. The van der Waals surface area contributed by atoms with E-state index >= 15 is 0 Å². The number of methoxy groups -OCH3 is 1. The Morgan fingerprint density at radius 1 is 0.794 bits per heavy atom. The summed E-state index contributed by atoms with van der Waals surface area (Å²) in [6.45, 7) is 2.66. The maximum atomic E-state index is 15.0. The molecule has 3 aromatic carbocycles. The molecule has 6 heteroatoms. The van der Waals surface area contributed by atoms with Gasteiger partial charge >= 0.3 is 0 Å². The van der Waals surface area contributed by atoms with Gasteiger partial charge in [-0.15, -0.1) is 0 Å². The molecular weight excluding hydrogens is 441 g/mol. The maximum Gasteiger partial charge on any atom is 0.168 e. The Balaban J connectivity index is 1.35. The van der Waals surface area contributed by atoms with Gasteiger partial charge < -0.3 is 14.2 Å². The summed E-state index contributed by atoms with van der Waals surface area (Å²) >= 11 is 0. The van der Waals surface area contributed by atoms with E-state index < -0.39 is 17.5 Å². The Labute approximate surface area is 198 Å². The number of hydrogen-bond acceptors (Lipinski definition) is 3. The van der Waals surface area contributed by atoms with Crippen molar-refractivity contribution in [1.29, 1.82) is 0 Å². The molecule has 3 aromatic rings. The second-order valence-electron chi connectivity index (χ2n) is 8.61. The lowest BCUT2D eigenvalue weighted by Crippen LogP contribution is -2.20. The lowest BCUT2D eigenvalue weighted by atomic mass is 9.78. The molecular formula is C28H29F3O3. The van der Waals surface area contributed by atoms with Crippen LogP contribution in [0, 0.1) is 23.4 Å².